The van der Waals surface area contributed by atoms with Crippen LogP contribution in [0.3, 0.4) is 0 Å². The van der Waals surface area contributed by atoms with Crippen molar-refractivity contribution in [2.45, 2.75) is 58.0 Å². The number of carbonyl (C=O) groups is 1. The number of aromatic nitrogens is 1. The Morgan fingerprint density at radius 3 is 2.33 bits per heavy atom. The predicted molar refractivity (Wildman–Crippen MR) is 147 cm³/mol. The van der Waals surface area contributed by atoms with Crippen LogP contribution in [-0.2, 0) is 16.6 Å². The van der Waals surface area contributed by atoms with E-state index >= 15 is 0 Å². The Hall–Kier alpha value is -3.97. The lowest BCUT2D eigenvalue weighted by atomic mass is 10.2. The van der Waals surface area contributed by atoms with Crippen molar-refractivity contribution in [1.82, 2.24) is 9.05 Å². The number of rotatable bonds is 15. The molecule has 3 rings (SSSR count). The van der Waals surface area contributed by atoms with Crippen LogP contribution in [0.25, 0.3) is 5.69 Å². The lowest BCUT2D eigenvalue weighted by Gasteiger charge is -2.22. The minimum absolute atomic E-state index is 0.0952. The van der Waals surface area contributed by atoms with Gasteiger partial charge >= 0.3 is 0 Å². The number of ether oxygens (including phenoxy) is 2. The molecule has 1 aromatic heterocycles. The molecule has 0 aliphatic heterocycles. The Bertz CT molecular complexity index is 1520. The third-order valence-corrected chi connectivity index (χ3v) is 8.21. The molecule has 12 nitrogen and oxygen atoms in total. The topological polar surface area (TPSA) is 151 Å². The number of benzene rings is 2. The Morgan fingerprint density at radius 1 is 1.07 bits per heavy atom. The van der Waals surface area contributed by atoms with Crippen molar-refractivity contribution >= 4 is 22.0 Å². The van der Waals surface area contributed by atoms with E-state index in [0.29, 0.717) is 37.8 Å². The van der Waals surface area contributed by atoms with Crippen molar-refractivity contribution in [2.24, 2.45) is 0 Å². The molecule has 40 heavy (non-hydrogen) atoms. The molecule has 0 amide bonds. The van der Waals surface area contributed by atoms with Gasteiger partial charge < -0.3 is 14.0 Å². The molecule has 0 saturated carbocycles. The third-order valence-electron chi connectivity index (χ3n) is 6.31. The SMILES string of the molecule is CCCCN(CCCC)S(=O)(=O)c1ccc(-n2oc(C)c(COc3ccc(C=O)cc3OC)c2=O)c([N+](=O)[O-])c1. The highest BCUT2D eigenvalue weighted by molar-refractivity contribution is 7.89. The molecule has 0 aliphatic rings. The molecule has 0 spiro atoms. The fourth-order valence-corrected chi connectivity index (χ4v) is 5.54. The summed E-state index contributed by atoms with van der Waals surface area (Å²) in [6.45, 7) is 5.77. The fraction of sp³-hybridized carbons (Fsp3) is 0.407. The summed E-state index contributed by atoms with van der Waals surface area (Å²) in [4.78, 5) is 35.3. The van der Waals surface area contributed by atoms with E-state index in [1.54, 1.807) is 0 Å². The average Bonchev–Trinajstić information content (AvgIpc) is 3.23. The largest absolute Gasteiger partial charge is 0.493 e. The lowest BCUT2D eigenvalue weighted by molar-refractivity contribution is -0.385. The van der Waals surface area contributed by atoms with E-state index in [0.717, 1.165) is 23.6 Å². The van der Waals surface area contributed by atoms with Crippen LogP contribution in [0.5, 0.6) is 11.5 Å². The highest BCUT2D eigenvalue weighted by Crippen LogP contribution is 2.30. The van der Waals surface area contributed by atoms with E-state index < -0.39 is 26.2 Å². The van der Waals surface area contributed by atoms with Crippen LogP contribution < -0.4 is 15.0 Å². The van der Waals surface area contributed by atoms with Crippen molar-refractivity contribution in [2.75, 3.05) is 20.2 Å². The Balaban J connectivity index is 1.98. The summed E-state index contributed by atoms with van der Waals surface area (Å²) in [6, 6.07) is 7.91. The maximum atomic E-state index is 13.4. The van der Waals surface area contributed by atoms with Gasteiger partial charge in [0.15, 0.2) is 17.2 Å². The van der Waals surface area contributed by atoms with Gasteiger partial charge in [-0.3, -0.25) is 19.7 Å². The molecular formula is C27H33N3O9S. The molecule has 216 valence electrons. The number of nitrogens with zero attached hydrogens (tertiary/aromatic N) is 3. The number of aldehydes is 1. The Morgan fingerprint density at radius 2 is 1.75 bits per heavy atom. The summed E-state index contributed by atoms with van der Waals surface area (Å²) >= 11 is 0. The van der Waals surface area contributed by atoms with Crippen molar-refractivity contribution in [3.8, 4) is 17.2 Å². The zero-order chi connectivity index (χ0) is 29.4. The molecule has 13 heteroatoms. The number of sulfonamides is 1. The minimum Gasteiger partial charge on any atom is -0.493 e. The summed E-state index contributed by atoms with van der Waals surface area (Å²) in [5.41, 5.74) is -1.04. The standard InChI is InChI=1S/C27H33N3O9S/c1-5-7-13-28(14-8-6-2)40(35,36)21-10-11-23(24(16-21)30(33)34)29-27(32)22(19(3)39-29)18-38-25-12-9-20(17-31)15-26(25)37-4/h9-12,15-17H,5-8,13-14,18H2,1-4H3. The van der Waals surface area contributed by atoms with E-state index in [9.17, 15) is 28.1 Å². The first kappa shape index (κ1) is 30.6. The zero-order valence-corrected chi connectivity index (χ0v) is 23.7. The molecule has 0 radical (unpaired) electrons. The van der Waals surface area contributed by atoms with Crippen molar-refractivity contribution in [3.05, 3.63) is 73.8 Å². The van der Waals surface area contributed by atoms with E-state index in [4.69, 9.17) is 14.0 Å². The molecule has 0 fully saturated rings. The number of methoxy groups -OCH3 is 1. The number of aryl methyl sites for hydroxylation is 1. The minimum atomic E-state index is -4.01. The highest BCUT2D eigenvalue weighted by atomic mass is 32.2. The molecule has 0 bridgehead atoms. The van der Waals surface area contributed by atoms with Gasteiger partial charge in [-0.15, -0.1) is 4.74 Å². The van der Waals surface area contributed by atoms with Crippen LogP contribution in [0.2, 0.25) is 0 Å². The number of nitro benzene ring substituents is 1. The van der Waals surface area contributed by atoms with Gasteiger partial charge in [-0.05, 0) is 50.1 Å². The Labute approximate surface area is 232 Å². The average molecular weight is 576 g/mol. The van der Waals surface area contributed by atoms with Gasteiger partial charge in [0.1, 0.15) is 18.7 Å². The molecule has 0 atom stereocenters. The van der Waals surface area contributed by atoms with E-state index in [-0.39, 0.29) is 40.0 Å². The van der Waals surface area contributed by atoms with Crippen LogP contribution in [-0.4, -0.2) is 48.9 Å². The van der Waals surface area contributed by atoms with Gasteiger partial charge in [0.05, 0.1) is 22.5 Å². The maximum Gasteiger partial charge on any atom is 0.297 e. The second-order valence-corrected chi connectivity index (χ2v) is 11.0. The summed E-state index contributed by atoms with van der Waals surface area (Å²) in [7, 11) is -2.60. The lowest BCUT2D eigenvalue weighted by Crippen LogP contribution is -2.33. The van der Waals surface area contributed by atoms with Gasteiger partial charge in [0, 0.05) is 24.7 Å². The number of hydrogen-bond acceptors (Lipinski definition) is 9. The summed E-state index contributed by atoms with van der Waals surface area (Å²) in [5, 5.41) is 12.0. The molecule has 0 saturated heterocycles. The van der Waals surface area contributed by atoms with Gasteiger partial charge in [-0.1, -0.05) is 26.7 Å². The predicted octanol–water partition coefficient (Wildman–Crippen LogP) is 4.64. The first-order chi connectivity index (χ1) is 19.1. The van der Waals surface area contributed by atoms with Gasteiger partial charge in [0.25, 0.3) is 11.2 Å². The Kier molecular flexibility index (Phi) is 10.2. The van der Waals surface area contributed by atoms with Gasteiger partial charge in [-0.2, -0.15) is 4.31 Å². The van der Waals surface area contributed by atoms with Crippen LogP contribution >= 0.6 is 0 Å². The van der Waals surface area contributed by atoms with Crippen molar-refractivity contribution in [1.29, 1.82) is 0 Å². The number of nitro groups is 1. The smallest absolute Gasteiger partial charge is 0.297 e. The molecule has 2 aromatic carbocycles. The second kappa shape index (κ2) is 13.4. The quantitative estimate of drug-likeness (QED) is 0.143. The summed E-state index contributed by atoms with van der Waals surface area (Å²) in [6.07, 6.45) is 3.55. The van der Waals surface area contributed by atoms with Crippen molar-refractivity contribution < 1.29 is 32.1 Å². The van der Waals surface area contributed by atoms with Crippen LogP contribution in [0.4, 0.5) is 5.69 Å². The molecule has 0 aliphatic carbocycles. The zero-order valence-electron chi connectivity index (χ0n) is 22.9. The van der Waals surface area contributed by atoms with Gasteiger partial charge in [-0.25, -0.2) is 8.42 Å². The van der Waals surface area contributed by atoms with Gasteiger partial charge in [0.2, 0.25) is 10.0 Å². The number of carbonyl (C=O) groups excluding carboxylic acids is 1. The second-order valence-electron chi connectivity index (χ2n) is 9.06. The van der Waals surface area contributed by atoms with Crippen LogP contribution in [0.15, 0.2) is 50.6 Å². The number of hydrogen-bond donors (Lipinski definition) is 0. The highest BCUT2D eigenvalue weighted by Gasteiger charge is 2.29. The first-order valence-electron chi connectivity index (χ1n) is 12.9. The molecule has 3 aromatic rings. The van der Waals surface area contributed by atoms with E-state index in [2.05, 4.69) is 0 Å². The summed E-state index contributed by atoms with van der Waals surface area (Å²) < 4.78 is 45.4. The summed E-state index contributed by atoms with van der Waals surface area (Å²) in [5.74, 6) is 0.714. The van der Waals surface area contributed by atoms with Crippen molar-refractivity contribution in [3.63, 3.8) is 0 Å². The maximum absolute atomic E-state index is 13.4. The number of unbranched alkanes of at least 4 members (excludes halogenated alkanes) is 2. The molecule has 0 N–H and O–H groups in total. The van der Waals surface area contributed by atoms with E-state index in [1.165, 1.54) is 48.7 Å². The third kappa shape index (κ3) is 6.59. The van der Waals surface area contributed by atoms with E-state index in [1.807, 2.05) is 13.8 Å². The van der Waals surface area contributed by atoms with Crippen LogP contribution in [0, 0.1) is 17.0 Å². The molecule has 0 unspecified atom stereocenters. The molecule has 1 heterocycles. The fourth-order valence-electron chi connectivity index (χ4n) is 4.01. The molecular weight excluding hydrogens is 542 g/mol. The first-order valence-corrected chi connectivity index (χ1v) is 14.3. The monoisotopic (exact) mass is 575 g/mol. The normalized spacial score (nSPS) is 11.5. The van der Waals surface area contributed by atoms with Crippen LogP contribution in [0.1, 0.15) is 61.2 Å².